The van der Waals surface area contributed by atoms with Gasteiger partial charge in [0.15, 0.2) is 0 Å². The van der Waals surface area contributed by atoms with E-state index in [1.807, 2.05) is 0 Å². The van der Waals surface area contributed by atoms with Crippen LogP contribution in [0.25, 0.3) is 0 Å². The summed E-state index contributed by atoms with van der Waals surface area (Å²) >= 11 is 8.65. The predicted molar refractivity (Wildman–Crippen MR) is 43.0 cm³/mol. The van der Waals surface area contributed by atoms with Crippen LogP contribution in [-0.4, -0.2) is 17.7 Å². The summed E-state index contributed by atoms with van der Waals surface area (Å²) in [5, 5.41) is 20.4. The molecule has 0 aromatic rings. The maximum atomic E-state index is 10.1. The molecule has 10 heavy (non-hydrogen) atoms. The van der Waals surface area contributed by atoms with Crippen LogP contribution >= 0.6 is 27.5 Å². The van der Waals surface area contributed by atoms with E-state index in [4.69, 9.17) is 11.6 Å². The van der Waals surface area contributed by atoms with E-state index in [0.717, 1.165) is 18.2 Å². The maximum absolute atomic E-state index is 10.1. The van der Waals surface area contributed by atoms with Gasteiger partial charge in [-0.2, -0.15) is 0 Å². The van der Waals surface area contributed by atoms with Crippen molar-refractivity contribution in [1.29, 1.82) is 0 Å². The lowest BCUT2D eigenvalue weighted by Crippen LogP contribution is -2.52. The first-order valence-electron chi connectivity index (χ1n) is 3.20. The molecule has 5 heteroatoms. The molecule has 0 rings (SSSR count). The largest absolute Gasteiger partial charge is 0.892 e. The van der Waals surface area contributed by atoms with Crippen LogP contribution in [0.2, 0.25) is 0 Å². The Morgan fingerprint density at radius 1 is 1.40 bits per heavy atom. The molecule has 0 aliphatic carbocycles. The summed E-state index contributed by atoms with van der Waals surface area (Å²) in [4.78, 5) is 0. The van der Waals surface area contributed by atoms with Gasteiger partial charge in [0.05, 0.1) is 0 Å². The molecule has 60 valence electrons. The second-order valence-corrected chi connectivity index (χ2v) is 3.42. The standard InChI is InChI=1S/C5H9BBrClO2/c7-4-2-1-3-5(8)6(9)10/h5H,1-4H2/q-2/t5-/m0/s1. The van der Waals surface area contributed by atoms with Crippen molar-refractivity contribution < 1.29 is 10.0 Å². The molecule has 0 aromatic carbocycles. The predicted octanol–water partition coefficient (Wildman–Crippen LogP) is -0.0930. The number of halogens is 2. The van der Waals surface area contributed by atoms with Crippen molar-refractivity contribution in [1.82, 2.24) is 0 Å². The van der Waals surface area contributed by atoms with E-state index in [1.165, 1.54) is 0 Å². The highest BCUT2D eigenvalue weighted by Gasteiger charge is 1.98. The Morgan fingerprint density at radius 2 is 2.00 bits per heavy atom. The smallest absolute Gasteiger partial charge is 0.00313 e. The minimum Gasteiger partial charge on any atom is -0.892 e. The Hall–Kier alpha value is 0.755. The molecule has 0 radical (unpaired) electrons. The fraction of sp³-hybridized carbons (Fsp3) is 1.00. The monoisotopic (exact) mass is 226 g/mol. The van der Waals surface area contributed by atoms with Gasteiger partial charge < -0.3 is 10.0 Å². The summed E-state index contributed by atoms with van der Waals surface area (Å²) in [6.45, 7) is 0. The summed E-state index contributed by atoms with van der Waals surface area (Å²) in [6, 6.07) is 0. The van der Waals surface area contributed by atoms with Crippen LogP contribution in [0.1, 0.15) is 19.3 Å². The van der Waals surface area contributed by atoms with E-state index in [9.17, 15) is 10.0 Å². The fourth-order valence-corrected chi connectivity index (χ4v) is 1.12. The molecular weight excluding hydrogens is 218 g/mol. The van der Waals surface area contributed by atoms with E-state index in [0.29, 0.717) is 6.42 Å². The number of rotatable bonds is 5. The maximum Gasteiger partial charge on any atom is 0.00313 e. The number of hydrogen-bond acceptors (Lipinski definition) is 2. The van der Waals surface area contributed by atoms with Gasteiger partial charge in [-0.15, -0.1) is 11.6 Å². The lowest BCUT2D eigenvalue weighted by Gasteiger charge is -2.31. The van der Waals surface area contributed by atoms with Gasteiger partial charge in [0, 0.05) is 5.33 Å². The average molecular weight is 227 g/mol. The number of alkyl halides is 2. The quantitative estimate of drug-likeness (QED) is 0.374. The molecule has 0 amide bonds. The molecule has 0 saturated heterocycles. The van der Waals surface area contributed by atoms with E-state index in [-0.39, 0.29) is 0 Å². The van der Waals surface area contributed by atoms with Gasteiger partial charge in [-0.1, -0.05) is 29.5 Å². The molecule has 0 saturated carbocycles. The topological polar surface area (TPSA) is 46.1 Å². The molecular formula is C5H9BBrClO2-2. The van der Waals surface area contributed by atoms with Gasteiger partial charge in [0.1, 0.15) is 0 Å². The molecule has 0 bridgehead atoms. The van der Waals surface area contributed by atoms with Gasteiger partial charge in [-0.25, -0.2) is 0 Å². The summed E-state index contributed by atoms with van der Waals surface area (Å²) in [7, 11) is -1.88. The summed E-state index contributed by atoms with van der Waals surface area (Å²) in [5.74, 6) is 0. The molecule has 0 unspecified atom stereocenters. The highest BCUT2D eigenvalue weighted by atomic mass is 79.9. The molecule has 0 fully saturated rings. The van der Waals surface area contributed by atoms with Crippen LogP contribution in [0.4, 0.5) is 0 Å². The minimum atomic E-state index is -1.88. The van der Waals surface area contributed by atoms with Gasteiger partial charge >= 0.3 is 0 Å². The highest BCUT2D eigenvalue weighted by Crippen LogP contribution is 2.07. The van der Waals surface area contributed by atoms with Crippen molar-refractivity contribution in [3.63, 3.8) is 0 Å². The molecule has 1 atom stereocenters. The normalized spacial score (nSPS) is 13.2. The molecule has 0 aromatic heterocycles. The molecule has 2 nitrogen and oxygen atoms in total. The first-order valence-corrected chi connectivity index (χ1v) is 4.76. The van der Waals surface area contributed by atoms with Gasteiger partial charge in [0.25, 0.3) is 0 Å². The first kappa shape index (κ1) is 10.8. The average Bonchev–Trinajstić information content (AvgIpc) is 1.88. The van der Waals surface area contributed by atoms with Crippen molar-refractivity contribution in [2.24, 2.45) is 0 Å². The minimum absolute atomic E-state index is 0.533. The van der Waals surface area contributed by atoms with Crippen LogP contribution < -0.4 is 10.0 Å². The second-order valence-electron chi connectivity index (χ2n) is 2.07. The lowest BCUT2D eigenvalue weighted by atomic mass is 9.83. The van der Waals surface area contributed by atoms with Crippen LogP contribution in [0, 0.1) is 0 Å². The van der Waals surface area contributed by atoms with Crippen LogP contribution in [0.3, 0.4) is 0 Å². The number of unbranched alkanes of at least 4 members (excludes halogenated alkanes) is 1. The van der Waals surface area contributed by atoms with E-state index >= 15 is 0 Å². The zero-order chi connectivity index (χ0) is 7.98. The van der Waals surface area contributed by atoms with Crippen LogP contribution in [0.5, 0.6) is 0 Å². The zero-order valence-corrected chi connectivity index (χ0v) is 7.90. The van der Waals surface area contributed by atoms with Gasteiger partial charge in [-0.3, -0.25) is 0 Å². The van der Waals surface area contributed by atoms with E-state index in [2.05, 4.69) is 15.9 Å². The van der Waals surface area contributed by atoms with Gasteiger partial charge in [-0.05, 0) is 18.1 Å². The van der Waals surface area contributed by atoms with Gasteiger partial charge in [0.2, 0.25) is 0 Å². The Balaban J connectivity index is 3.13. The van der Waals surface area contributed by atoms with E-state index in [1.54, 1.807) is 0 Å². The van der Waals surface area contributed by atoms with E-state index < -0.39 is 12.4 Å². The number of hydrogen-bond donors (Lipinski definition) is 0. The third-order valence-corrected chi connectivity index (χ3v) is 2.14. The summed E-state index contributed by atoms with van der Waals surface area (Å²) in [5.41, 5.74) is 0. The molecule has 0 N–H and O–H groups in total. The molecule has 0 heterocycles. The van der Waals surface area contributed by atoms with Crippen molar-refractivity contribution in [3.05, 3.63) is 0 Å². The van der Waals surface area contributed by atoms with Crippen molar-refractivity contribution in [2.75, 3.05) is 5.33 Å². The molecule has 0 aliphatic heterocycles. The van der Waals surface area contributed by atoms with Crippen LogP contribution in [-0.2, 0) is 0 Å². The third-order valence-electron chi connectivity index (χ3n) is 1.16. The Morgan fingerprint density at radius 3 is 2.40 bits per heavy atom. The fourth-order valence-electron chi connectivity index (χ4n) is 0.570. The van der Waals surface area contributed by atoms with Crippen molar-refractivity contribution >= 4 is 34.6 Å². The second kappa shape index (κ2) is 6.46. The Kier molecular flexibility index (Phi) is 6.95. The summed E-state index contributed by atoms with van der Waals surface area (Å²) in [6.07, 6.45) is 2.35. The van der Waals surface area contributed by atoms with Crippen molar-refractivity contribution in [3.8, 4) is 0 Å². The zero-order valence-electron chi connectivity index (χ0n) is 5.56. The van der Waals surface area contributed by atoms with Crippen molar-refractivity contribution in [2.45, 2.75) is 24.5 Å². The third kappa shape index (κ3) is 5.53. The summed E-state index contributed by atoms with van der Waals surface area (Å²) < 4.78 is 0. The van der Waals surface area contributed by atoms with Crippen LogP contribution in [0.15, 0.2) is 0 Å². The molecule has 0 spiro atoms. The first-order chi connectivity index (χ1) is 4.68. The lowest BCUT2D eigenvalue weighted by molar-refractivity contribution is -0.349. The SMILES string of the molecule is [O-]B([O-])[C@@H](Cl)CCCCBr. The Labute approximate surface area is 74.9 Å². The molecule has 0 aliphatic rings. The Bertz CT molecular complexity index is 84.0. The highest BCUT2D eigenvalue weighted by molar-refractivity contribution is 9.09.